The largest absolute Gasteiger partial charge is 0.254 e. The molecular weight excluding hydrogens is 141 g/mol. The van der Waals surface area contributed by atoms with E-state index in [4.69, 9.17) is 0 Å². The Hall–Kier alpha value is -1.18. The lowest BCUT2D eigenvalue weighted by Gasteiger charge is -1.98. The molecule has 0 saturated carbocycles. The number of fused-ring (bicyclic) bond motifs is 1. The Morgan fingerprint density at radius 2 is 2.09 bits per heavy atom. The molecule has 0 N–H and O–H groups in total. The van der Waals surface area contributed by atoms with Gasteiger partial charge in [0.1, 0.15) is 0 Å². The Morgan fingerprint density at radius 1 is 1.36 bits per heavy atom. The van der Waals surface area contributed by atoms with Crippen LogP contribution in [0.25, 0.3) is 0 Å². The van der Waals surface area contributed by atoms with Crippen molar-refractivity contribution in [2.75, 3.05) is 0 Å². The Labute approximate surface area is 64.6 Å². The summed E-state index contributed by atoms with van der Waals surface area (Å²) in [6.07, 6.45) is -0.980. The van der Waals surface area contributed by atoms with Crippen molar-refractivity contribution in [3.63, 3.8) is 0 Å². The molecule has 56 valence electrons. The normalized spacial score (nSPS) is 21.3. The summed E-state index contributed by atoms with van der Waals surface area (Å²) in [4.78, 5) is 4.07. The van der Waals surface area contributed by atoms with E-state index in [0.29, 0.717) is 11.3 Å². The number of hydrogen-bond acceptors (Lipinski definition) is 1. The van der Waals surface area contributed by atoms with Crippen molar-refractivity contribution in [1.29, 1.82) is 0 Å². The number of alkyl halides is 1. The molecule has 1 heterocycles. The maximum Gasteiger partial charge on any atom is 0.165 e. The molecule has 0 spiro atoms. The molecule has 0 bridgehead atoms. The van der Waals surface area contributed by atoms with E-state index in [1.807, 2.05) is 18.2 Å². The number of benzene rings is 1. The van der Waals surface area contributed by atoms with E-state index in [1.54, 1.807) is 13.0 Å². The minimum absolute atomic E-state index is 0.561. The zero-order valence-corrected chi connectivity index (χ0v) is 6.21. The van der Waals surface area contributed by atoms with Crippen molar-refractivity contribution >= 4 is 11.4 Å². The number of nitrogens with zero attached hydrogens (tertiary/aromatic N) is 1. The summed E-state index contributed by atoms with van der Waals surface area (Å²) in [7, 11) is 0. The van der Waals surface area contributed by atoms with E-state index in [1.165, 1.54) is 0 Å². The third kappa shape index (κ3) is 0.862. The standard InChI is InChI=1S/C9H8FN/c1-6-9(10)7-4-2-3-5-8(7)11-6/h2-5,9H,1H3. The van der Waals surface area contributed by atoms with E-state index in [9.17, 15) is 4.39 Å². The maximum atomic E-state index is 13.2. The highest BCUT2D eigenvalue weighted by Gasteiger charge is 2.22. The van der Waals surface area contributed by atoms with Gasteiger partial charge in [-0.2, -0.15) is 0 Å². The highest BCUT2D eigenvalue weighted by atomic mass is 19.1. The first-order chi connectivity index (χ1) is 5.29. The molecule has 11 heavy (non-hydrogen) atoms. The summed E-state index contributed by atoms with van der Waals surface area (Å²) in [5, 5.41) is 0. The van der Waals surface area contributed by atoms with Crippen LogP contribution in [0.2, 0.25) is 0 Å². The molecule has 0 aromatic heterocycles. The molecule has 2 rings (SSSR count). The molecule has 1 nitrogen and oxygen atoms in total. The van der Waals surface area contributed by atoms with Gasteiger partial charge >= 0.3 is 0 Å². The SMILES string of the molecule is CC1=Nc2ccccc2C1F. The number of rotatable bonds is 0. The minimum Gasteiger partial charge on any atom is -0.254 e. The highest BCUT2D eigenvalue weighted by Crippen LogP contribution is 2.35. The fourth-order valence-corrected chi connectivity index (χ4v) is 1.28. The van der Waals surface area contributed by atoms with E-state index >= 15 is 0 Å². The molecular formula is C9H8FN. The summed E-state index contributed by atoms with van der Waals surface area (Å²) in [6, 6.07) is 7.31. The van der Waals surface area contributed by atoms with Crippen LogP contribution in [0.5, 0.6) is 0 Å². The lowest BCUT2D eigenvalue weighted by Crippen LogP contribution is -1.95. The molecule has 0 fully saturated rings. The Balaban J connectivity index is 2.58. The van der Waals surface area contributed by atoms with Crippen LogP contribution in [0.3, 0.4) is 0 Å². The second-order valence-corrected chi connectivity index (χ2v) is 2.67. The predicted octanol–water partition coefficient (Wildman–Crippen LogP) is 2.80. The van der Waals surface area contributed by atoms with Gasteiger partial charge in [-0.25, -0.2) is 4.39 Å². The molecule has 0 saturated heterocycles. The fraction of sp³-hybridized carbons (Fsp3) is 0.222. The first-order valence-corrected chi connectivity index (χ1v) is 3.57. The van der Waals surface area contributed by atoms with Gasteiger partial charge in [-0.1, -0.05) is 18.2 Å². The Morgan fingerprint density at radius 3 is 2.82 bits per heavy atom. The maximum absolute atomic E-state index is 13.2. The number of hydrogen-bond donors (Lipinski definition) is 0. The minimum atomic E-state index is -0.980. The van der Waals surface area contributed by atoms with Crippen LogP contribution in [0.4, 0.5) is 10.1 Å². The molecule has 1 aromatic carbocycles. The van der Waals surface area contributed by atoms with Gasteiger partial charge in [0.15, 0.2) is 6.17 Å². The van der Waals surface area contributed by atoms with Gasteiger partial charge in [-0.05, 0) is 13.0 Å². The first-order valence-electron chi connectivity index (χ1n) is 3.57. The van der Waals surface area contributed by atoms with Crippen LogP contribution in [-0.4, -0.2) is 5.71 Å². The number of para-hydroxylation sites is 1. The fourth-order valence-electron chi connectivity index (χ4n) is 1.28. The van der Waals surface area contributed by atoms with Crippen molar-refractivity contribution in [3.05, 3.63) is 29.8 Å². The lowest BCUT2D eigenvalue weighted by molar-refractivity contribution is 0.444. The van der Waals surface area contributed by atoms with Crippen molar-refractivity contribution in [2.24, 2.45) is 4.99 Å². The summed E-state index contributed by atoms with van der Waals surface area (Å²) >= 11 is 0. The quantitative estimate of drug-likeness (QED) is 0.537. The van der Waals surface area contributed by atoms with Crippen LogP contribution in [0.15, 0.2) is 29.3 Å². The first kappa shape index (κ1) is 6.53. The van der Waals surface area contributed by atoms with Crippen molar-refractivity contribution in [1.82, 2.24) is 0 Å². The molecule has 1 aromatic rings. The van der Waals surface area contributed by atoms with E-state index < -0.39 is 6.17 Å². The van der Waals surface area contributed by atoms with Crippen molar-refractivity contribution in [3.8, 4) is 0 Å². The second-order valence-electron chi connectivity index (χ2n) is 2.67. The van der Waals surface area contributed by atoms with Crippen LogP contribution >= 0.6 is 0 Å². The van der Waals surface area contributed by atoms with Gasteiger partial charge in [-0.3, -0.25) is 4.99 Å². The topological polar surface area (TPSA) is 12.4 Å². The average Bonchev–Trinajstić information content (AvgIpc) is 2.30. The molecule has 1 unspecified atom stereocenters. The van der Waals surface area contributed by atoms with Gasteiger partial charge < -0.3 is 0 Å². The van der Waals surface area contributed by atoms with Crippen molar-refractivity contribution in [2.45, 2.75) is 13.1 Å². The molecule has 1 atom stereocenters. The molecule has 0 amide bonds. The predicted molar refractivity (Wildman–Crippen MR) is 43.1 cm³/mol. The average molecular weight is 149 g/mol. The second kappa shape index (κ2) is 2.16. The van der Waals surface area contributed by atoms with Gasteiger partial charge in [-0.15, -0.1) is 0 Å². The van der Waals surface area contributed by atoms with Gasteiger partial charge in [0.25, 0.3) is 0 Å². The zero-order chi connectivity index (χ0) is 7.84. The van der Waals surface area contributed by atoms with Gasteiger partial charge in [0, 0.05) is 5.56 Å². The molecule has 1 aliphatic heterocycles. The third-order valence-corrected chi connectivity index (χ3v) is 1.87. The van der Waals surface area contributed by atoms with E-state index in [0.717, 1.165) is 5.69 Å². The van der Waals surface area contributed by atoms with Crippen LogP contribution in [0.1, 0.15) is 18.7 Å². The van der Waals surface area contributed by atoms with E-state index in [2.05, 4.69) is 4.99 Å². The van der Waals surface area contributed by atoms with Crippen molar-refractivity contribution < 1.29 is 4.39 Å². The molecule has 0 radical (unpaired) electrons. The van der Waals surface area contributed by atoms with Gasteiger partial charge in [0.2, 0.25) is 0 Å². The summed E-state index contributed by atoms with van der Waals surface area (Å²) < 4.78 is 13.2. The third-order valence-electron chi connectivity index (χ3n) is 1.87. The zero-order valence-electron chi connectivity index (χ0n) is 6.21. The molecule has 2 heteroatoms. The van der Waals surface area contributed by atoms with Crippen LogP contribution < -0.4 is 0 Å². The Bertz CT molecular complexity index is 317. The summed E-state index contributed by atoms with van der Waals surface area (Å²) in [6.45, 7) is 1.71. The highest BCUT2D eigenvalue weighted by molar-refractivity contribution is 5.94. The number of aliphatic imine (C=N–C) groups is 1. The van der Waals surface area contributed by atoms with E-state index in [-0.39, 0.29) is 0 Å². The Kier molecular flexibility index (Phi) is 1.28. The monoisotopic (exact) mass is 149 g/mol. The summed E-state index contributed by atoms with van der Waals surface area (Å²) in [5.41, 5.74) is 2.04. The lowest BCUT2D eigenvalue weighted by atomic mass is 10.1. The smallest absolute Gasteiger partial charge is 0.165 e. The van der Waals surface area contributed by atoms with Crippen LogP contribution in [-0.2, 0) is 0 Å². The number of halogens is 1. The summed E-state index contributed by atoms with van der Waals surface area (Å²) in [5.74, 6) is 0. The van der Waals surface area contributed by atoms with Gasteiger partial charge in [0.05, 0.1) is 11.4 Å². The van der Waals surface area contributed by atoms with Crippen LogP contribution in [0, 0.1) is 0 Å². The molecule has 1 aliphatic rings. The molecule has 0 aliphatic carbocycles.